The first-order valence-corrected chi connectivity index (χ1v) is 17.4. The van der Waals surface area contributed by atoms with Crippen molar-refractivity contribution in [3.8, 4) is 0 Å². The molecule has 262 valence electrons. The minimum absolute atomic E-state index is 0.0781. The summed E-state index contributed by atoms with van der Waals surface area (Å²) in [4.78, 5) is 75.6. The Hall–Kier alpha value is -5.22. The van der Waals surface area contributed by atoms with Crippen molar-refractivity contribution in [2.75, 3.05) is 18.2 Å². The summed E-state index contributed by atoms with van der Waals surface area (Å²) in [6, 6.07) is 16.7. The van der Waals surface area contributed by atoms with E-state index in [1.165, 1.54) is 36.1 Å². The quantitative estimate of drug-likeness (QED) is 0.114. The molecular weight excluding hydrogens is 685 g/mol. The van der Waals surface area contributed by atoms with Gasteiger partial charge in [0.05, 0.1) is 0 Å². The Morgan fingerprint density at radius 1 is 1.02 bits per heavy atom. The zero-order chi connectivity index (χ0) is 36.0. The van der Waals surface area contributed by atoms with Gasteiger partial charge < -0.3 is 30.3 Å². The van der Waals surface area contributed by atoms with Gasteiger partial charge in [-0.25, -0.2) is 14.6 Å². The van der Waals surface area contributed by atoms with Crippen LogP contribution in [0.3, 0.4) is 0 Å². The largest absolute Gasteiger partial charge is 0.448 e. The molecule has 0 saturated carbocycles. The van der Waals surface area contributed by atoms with Crippen LogP contribution in [0.1, 0.15) is 50.6 Å². The number of benzene rings is 2. The van der Waals surface area contributed by atoms with E-state index >= 15 is 0 Å². The van der Waals surface area contributed by atoms with Crippen molar-refractivity contribution in [3.63, 3.8) is 0 Å². The number of thioether (sulfide) groups is 1. The van der Waals surface area contributed by atoms with Crippen molar-refractivity contribution in [2.45, 2.75) is 56.9 Å². The molecule has 0 radical (unpaired) electrons. The Morgan fingerprint density at radius 2 is 1.66 bits per heavy atom. The van der Waals surface area contributed by atoms with E-state index in [4.69, 9.17) is 14.3 Å². The normalized spacial score (nSPS) is 17.8. The van der Waals surface area contributed by atoms with Gasteiger partial charge in [0.25, 0.3) is 11.8 Å². The third-order valence-electron chi connectivity index (χ3n) is 7.27. The lowest BCUT2D eigenvalue weighted by molar-refractivity contribution is -0.154. The van der Waals surface area contributed by atoms with Crippen LogP contribution in [0.15, 0.2) is 83.0 Å². The lowest BCUT2D eigenvalue weighted by Crippen LogP contribution is -2.70. The fourth-order valence-corrected chi connectivity index (χ4v) is 6.88. The first-order chi connectivity index (χ1) is 23.9. The number of anilines is 1. The van der Waals surface area contributed by atoms with Crippen LogP contribution in [0.25, 0.3) is 0 Å². The molecule has 1 fully saturated rings. The van der Waals surface area contributed by atoms with Gasteiger partial charge in [0.1, 0.15) is 41.6 Å². The third-order valence-corrected chi connectivity index (χ3v) is 9.21. The lowest BCUT2D eigenvalue weighted by atomic mass is 10.0. The molecule has 0 aliphatic carbocycles. The van der Waals surface area contributed by atoms with E-state index in [2.05, 4.69) is 26.1 Å². The van der Waals surface area contributed by atoms with E-state index in [9.17, 15) is 24.0 Å². The van der Waals surface area contributed by atoms with Gasteiger partial charge in [0, 0.05) is 11.1 Å². The highest BCUT2D eigenvalue weighted by Gasteiger charge is 2.53. The summed E-state index contributed by atoms with van der Waals surface area (Å²) in [7, 11) is 1.25. The SMILES string of the molecule is CO/N=C(\C(=O)N[C@@H]1C(=O)N2C(C(=O)OC(c3ccccc3)c3ccccc3)=CCS[C@H]12)c1csc(NC(=O)[C@H](C)NC(=O)OC(C)(C)C)n1. The number of fused-ring (bicyclic) bond motifs is 1. The van der Waals surface area contributed by atoms with Gasteiger partial charge in [-0.15, -0.1) is 23.1 Å². The smallest absolute Gasteiger partial charge is 0.408 e. The van der Waals surface area contributed by atoms with Gasteiger partial charge >= 0.3 is 12.1 Å². The molecule has 1 saturated heterocycles. The zero-order valence-corrected chi connectivity index (χ0v) is 29.5. The average Bonchev–Trinajstić information content (AvgIpc) is 3.55. The number of amides is 4. The number of aromatic nitrogens is 1. The standard InChI is InChI=1S/C34H36N6O8S2/c1-19(35-33(45)48-34(2,3)4)27(41)38-32-36-22(18-50-32)24(39-46-5)28(42)37-25-29(43)40-23(16-17-49-30(25)40)31(44)47-26(20-12-8-6-9-13-20)21-14-10-7-11-15-21/h6-16,18-19,25-26,30H,17H2,1-5H3,(H,35,45)(H,37,42)(H,36,38,41)/b39-24-/t19-,25+,30+/m0/s1. The van der Waals surface area contributed by atoms with Gasteiger partial charge in [-0.3, -0.25) is 19.3 Å². The number of β-lactam (4-membered cyclic amide) rings is 1. The van der Waals surface area contributed by atoms with Crippen molar-refractivity contribution < 1.29 is 38.3 Å². The second-order valence-corrected chi connectivity index (χ2v) is 14.1. The van der Waals surface area contributed by atoms with Crippen molar-refractivity contribution in [1.82, 2.24) is 20.5 Å². The summed E-state index contributed by atoms with van der Waals surface area (Å²) in [6.45, 7) is 6.59. The van der Waals surface area contributed by atoms with E-state index in [0.717, 1.165) is 22.5 Å². The van der Waals surface area contributed by atoms with Crippen LogP contribution in [0, 0.1) is 0 Å². The summed E-state index contributed by atoms with van der Waals surface area (Å²) >= 11 is 2.39. The van der Waals surface area contributed by atoms with Crippen molar-refractivity contribution >= 4 is 63.7 Å². The van der Waals surface area contributed by atoms with Crippen LogP contribution in [0.4, 0.5) is 9.93 Å². The molecule has 2 aliphatic heterocycles. The number of hydrogen-bond acceptors (Lipinski definition) is 12. The Labute approximate surface area is 296 Å². The predicted molar refractivity (Wildman–Crippen MR) is 187 cm³/mol. The molecule has 0 bridgehead atoms. The van der Waals surface area contributed by atoms with Crippen LogP contribution < -0.4 is 16.0 Å². The number of hydrogen-bond donors (Lipinski definition) is 3. The molecule has 3 aromatic rings. The molecule has 2 aliphatic rings. The minimum Gasteiger partial charge on any atom is -0.448 e. The molecule has 1 aromatic heterocycles. The number of alkyl carbamates (subject to hydrolysis) is 1. The number of esters is 1. The molecule has 3 heterocycles. The van der Waals surface area contributed by atoms with E-state index in [-0.39, 0.29) is 22.2 Å². The van der Waals surface area contributed by atoms with Crippen molar-refractivity contribution in [1.29, 1.82) is 0 Å². The number of thiazole rings is 1. The molecule has 0 unspecified atom stereocenters. The average molecular weight is 721 g/mol. The van der Waals surface area contributed by atoms with E-state index in [1.807, 2.05) is 60.7 Å². The summed E-state index contributed by atoms with van der Waals surface area (Å²) in [5, 5.41) is 12.6. The Balaban J connectivity index is 1.22. The van der Waals surface area contributed by atoms with Crippen LogP contribution in [-0.2, 0) is 33.5 Å². The number of nitrogens with one attached hydrogen (secondary N) is 3. The number of nitrogens with zero attached hydrogens (tertiary/aromatic N) is 3. The van der Waals surface area contributed by atoms with E-state index in [1.54, 1.807) is 26.8 Å². The molecule has 5 rings (SSSR count). The third kappa shape index (κ3) is 8.49. The van der Waals surface area contributed by atoms with E-state index < -0.39 is 58.9 Å². The Morgan fingerprint density at radius 3 is 2.26 bits per heavy atom. The van der Waals surface area contributed by atoms with Gasteiger partial charge in [0.15, 0.2) is 16.9 Å². The summed E-state index contributed by atoms with van der Waals surface area (Å²) in [6.07, 6.45) is 0.185. The van der Waals surface area contributed by atoms with Crippen molar-refractivity contribution in [3.05, 3.63) is 94.6 Å². The molecule has 3 N–H and O–H groups in total. The number of ether oxygens (including phenoxy) is 2. The summed E-state index contributed by atoms with van der Waals surface area (Å²) in [5.41, 5.74) is 0.753. The zero-order valence-electron chi connectivity index (χ0n) is 27.9. The summed E-state index contributed by atoms with van der Waals surface area (Å²) in [5.74, 6) is -2.07. The molecule has 3 atom stereocenters. The van der Waals surface area contributed by atoms with Crippen LogP contribution in [0.2, 0.25) is 0 Å². The van der Waals surface area contributed by atoms with Gasteiger partial charge in [-0.05, 0) is 44.9 Å². The second-order valence-electron chi connectivity index (χ2n) is 12.1. The highest BCUT2D eigenvalue weighted by molar-refractivity contribution is 8.00. The van der Waals surface area contributed by atoms with Crippen LogP contribution >= 0.6 is 23.1 Å². The maximum Gasteiger partial charge on any atom is 0.408 e. The first kappa shape index (κ1) is 36.1. The number of carbonyl (C=O) groups is 5. The number of carbonyl (C=O) groups excluding carboxylic acids is 5. The minimum atomic E-state index is -0.970. The Bertz CT molecular complexity index is 1770. The fourth-order valence-electron chi connectivity index (χ4n) is 4.99. The molecule has 0 spiro atoms. The highest BCUT2D eigenvalue weighted by Crippen LogP contribution is 2.39. The monoisotopic (exact) mass is 720 g/mol. The van der Waals surface area contributed by atoms with Gasteiger partial charge in [0.2, 0.25) is 5.91 Å². The maximum absolute atomic E-state index is 13.5. The molecule has 14 nitrogen and oxygen atoms in total. The topological polar surface area (TPSA) is 178 Å². The summed E-state index contributed by atoms with van der Waals surface area (Å²) < 4.78 is 11.2. The molecule has 4 amide bonds. The lowest BCUT2D eigenvalue weighted by Gasteiger charge is -2.48. The molecule has 16 heteroatoms. The van der Waals surface area contributed by atoms with Crippen LogP contribution in [-0.4, -0.2) is 81.3 Å². The molecule has 50 heavy (non-hydrogen) atoms. The second kappa shape index (κ2) is 15.6. The molecule has 2 aromatic carbocycles. The van der Waals surface area contributed by atoms with Crippen LogP contribution in [0.5, 0.6) is 0 Å². The maximum atomic E-state index is 13.5. The van der Waals surface area contributed by atoms with Gasteiger partial charge in [-0.2, -0.15) is 0 Å². The Kier molecular flexibility index (Phi) is 11.2. The molecular formula is C34H36N6O8S2. The van der Waals surface area contributed by atoms with Gasteiger partial charge in [-0.1, -0.05) is 65.8 Å². The van der Waals surface area contributed by atoms with Crippen molar-refractivity contribution in [2.24, 2.45) is 5.16 Å². The highest BCUT2D eigenvalue weighted by atomic mass is 32.2. The fraction of sp³-hybridized carbons (Fsp3) is 0.324. The predicted octanol–water partition coefficient (Wildman–Crippen LogP) is 3.96. The van der Waals surface area contributed by atoms with E-state index in [0.29, 0.717) is 5.75 Å². The number of oxime groups is 1. The number of rotatable bonds is 11. The first-order valence-electron chi connectivity index (χ1n) is 15.5.